The van der Waals surface area contributed by atoms with Crippen molar-refractivity contribution in [2.24, 2.45) is 0 Å². The molecule has 0 fully saturated rings. The van der Waals surface area contributed by atoms with E-state index < -0.39 is 0 Å². The molecule has 0 heterocycles. The Morgan fingerprint density at radius 1 is 0.548 bits per heavy atom. The predicted octanol–water partition coefficient (Wildman–Crippen LogP) is 9.09. The van der Waals surface area contributed by atoms with E-state index in [1.54, 1.807) is 0 Å². The molecule has 0 N–H and O–H groups in total. The molecule has 0 amide bonds. The zero-order valence-corrected chi connectivity index (χ0v) is 23.3. The highest BCUT2D eigenvalue weighted by Crippen LogP contribution is 2.15. The third-order valence-electron chi connectivity index (χ3n) is 4.99. The summed E-state index contributed by atoms with van der Waals surface area (Å²) in [4.78, 5) is 0. The Bertz CT molecular complexity index is 366. The van der Waals surface area contributed by atoms with Crippen LogP contribution in [-0.2, 0) is 14.2 Å². The van der Waals surface area contributed by atoms with Gasteiger partial charge in [0.2, 0.25) is 0 Å². The number of hydrogen-bond donors (Lipinski definition) is 0. The Labute approximate surface area is 210 Å². The zero-order chi connectivity index (χ0) is 22.8. The molecular weight excluding hydrogens is 520 g/mol. The molecule has 3 nitrogen and oxygen atoms in total. The molecule has 0 aromatic heterocycles. The van der Waals surface area contributed by atoms with Crippen LogP contribution >= 0.6 is 31.9 Å². The molecule has 0 aliphatic carbocycles. The lowest BCUT2D eigenvalue weighted by molar-refractivity contribution is -0.246. The van der Waals surface area contributed by atoms with Crippen LogP contribution in [0, 0.1) is 0 Å². The molecular formula is C26H48Br2O3. The average molecular weight is 568 g/mol. The van der Waals surface area contributed by atoms with E-state index in [-0.39, 0.29) is 12.6 Å². The minimum Gasteiger partial charge on any atom is -0.353 e. The summed E-state index contributed by atoms with van der Waals surface area (Å²) in [5.74, 6) is 0. The molecule has 0 saturated heterocycles. The van der Waals surface area contributed by atoms with Gasteiger partial charge in [0.05, 0.1) is 0 Å². The van der Waals surface area contributed by atoms with Crippen LogP contribution < -0.4 is 0 Å². The van der Waals surface area contributed by atoms with Crippen LogP contribution in [-0.4, -0.2) is 36.5 Å². The zero-order valence-electron chi connectivity index (χ0n) is 20.2. The van der Waals surface area contributed by atoms with Crippen molar-refractivity contribution in [3.63, 3.8) is 0 Å². The Hall–Kier alpha value is 0.320. The molecule has 0 radical (unpaired) electrons. The van der Waals surface area contributed by atoms with Gasteiger partial charge in [-0.3, -0.25) is 0 Å². The molecule has 0 aliphatic rings. The van der Waals surface area contributed by atoms with Gasteiger partial charge in [0, 0.05) is 36.7 Å². The van der Waals surface area contributed by atoms with Gasteiger partial charge in [-0.25, -0.2) is 0 Å². The smallest absolute Gasteiger partial charge is 0.161 e. The standard InChI is InChI=1S/C26H48Br2O3/c1-3-29-25(21-17-13-9-5-7-11-15-19-23-27)31-26(30-4-2)22-18-14-10-6-8-12-16-20-24-28/h9-10,13-14,25-26H,3-8,11-12,15-24H2,1-2H3. The van der Waals surface area contributed by atoms with Gasteiger partial charge < -0.3 is 14.2 Å². The van der Waals surface area contributed by atoms with Gasteiger partial charge in [0.25, 0.3) is 0 Å². The third kappa shape index (κ3) is 23.3. The summed E-state index contributed by atoms with van der Waals surface area (Å²) in [6.45, 7) is 5.37. The monoisotopic (exact) mass is 566 g/mol. The Balaban J connectivity index is 4.07. The number of unbranched alkanes of at least 4 members (excludes halogenated alkanes) is 8. The van der Waals surface area contributed by atoms with E-state index in [0.29, 0.717) is 13.2 Å². The van der Waals surface area contributed by atoms with E-state index >= 15 is 0 Å². The number of hydrogen-bond acceptors (Lipinski definition) is 3. The average Bonchev–Trinajstić information content (AvgIpc) is 2.77. The highest BCUT2D eigenvalue weighted by Gasteiger charge is 2.16. The van der Waals surface area contributed by atoms with Crippen LogP contribution in [0.2, 0.25) is 0 Å². The number of rotatable bonds is 24. The summed E-state index contributed by atoms with van der Waals surface area (Å²) in [7, 11) is 0. The lowest BCUT2D eigenvalue weighted by Gasteiger charge is -2.24. The van der Waals surface area contributed by atoms with E-state index in [0.717, 1.165) is 36.3 Å². The van der Waals surface area contributed by atoms with Crippen LogP contribution in [0.1, 0.15) is 104 Å². The van der Waals surface area contributed by atoms with Crippen LogP contribution in [0.25, 0.3) is 0 Å². The fraction of sp³-hybridized carbons (Fsp3) is 0.846. The van der Waals surface area contributed by atoms with Crippen LogP contribution in [0.15, 0.2) is 24.3 Å². The maximum absolute atomic E-state index is 6.15. The molecule has 0 aromatic carbocycles. The van der Waals surface area contributed by atoms with Gasteiger partial charge in [-0.15, -0.1) is 0 Å². The second-order valence-electron chi connectivity index (χ2n) is 7.79. The second kappa shape index (κ2) is 26.6. The van der Waals surface area contributed by atoms with Gasteiger partial charge >= 0.3 is 0 Å². The van der Waals surface area contributed by atoms with E-state index in [2.05, 4.69) is 56.2 Å². The normalized spacial score (nSPS) is 14.1. The first kappa shape index (κ1) is 31.3. The summed E-state index contributed by atoms with van der Waals surface area (Å²) >= 11 is 6.97. The molecule has 0 bridgehead atoms. The van der Waals surface area contributed by atoms with Crippen molar-refractivity contribution in [1.82, 2.24) is 0 Å². The van der Waals surface area contributed by atoms with Crippen molar-refractivity contribution >= 4 is 31.9 Å². The Morgan fingerprint density at radius 3 is 1.32 bits per heavy atom. The highest BCUT2D eigenvalue weighted by molar-refractivity contribution is 9.09. The lowest BCUT2D eigenvalue weighted by atomic mass is 10.1. The fourth-order valence-electron chi connectivity index (χ4n) is 3.28. The summed E-state index contributed by atoms with van der Waals surface area (Å²) in [5, 5.41) is 2.25. The molecule has 5 heteroatoms. The maximum Gasteiger partial charge on any atom is 0.161 e. The molecule has 31 heavy (non-hydrogen) atoms. The van der Waals surface area contributed by atoms with E-state index in [1.807, 2.05) is 13.8 Å². The quantitative estimate of drug-likeness (QED) is 0.0503. The summed E-state index contributed by atoms with van der Waals surface area (Å²) in [6, 6.07) is 0. The summed E-state index contributed by atoms with van der Waals surface area (Å²) in [5.41, 5.74) is 0. The topological polar surface area (TPSA) is 27.7 Å². The summed E-state index contributed by atoms with van der Waals surface area (Å²) < 4.78 is 17.8. The predicted molar refractivity (Wildman–Crippen MR) is 142 cm³/mol. The molecule has 0 saturated carbocycles. The van der Waals surface area contributed by atoms with Crippen LogP contribution in [0.3, 0.4) is 0 Å². The van der Waals surface area contributed by atoms with Crippen LogP contribution in [0.5, 0.6) is 0 Å². The Kier molecular flexibility index (Phi) is 26.8. The lowest BCUT2D eigenvalue weighted by Crippen LogP contribution is -2.27. The van der Waals surface area contributed by atoms with E-state index in [1.165, 1.54) is 64.2 Å². The number of ether oxygens (including phenoxy) is 3. The minimum absolute atomic E-state index is 0.191. The minimum atomic E-state index is -0.191. The first-order chi connectivity index (χ1) is 15.3. The SMILES string of the molecule is CCOC(CCC=CCCCCCCBr)OC(CCC=CCCCCCCBr)OCC. The molecule has 0 spiro atoms. The number of allylic oxidation sites excluding steroid dienone is 4. The van der Waals surface area contributed by atoms with Crippen molar-refractivity contribution in [3.8, 4) is 0 Å². The second-order valence-corrected chi connectivity index (χ2v) is 9.37. The van der Waals surface area contributed by atoms with Crippen molar-refractivity contribution in [3.05, 3.63) is 24.3 Å². The van der Waals surface area contributed by atoms with Crippen molar-refractivity contribution in [2.75, 3.05) is 23.9 Å². The molecule has 2 unspecified atom stereocenters. The third-order valence-corrected chi connectivity index (χ3v) is 6.11. The number of alkyl halides is 2. The van der Waals surface area contributed by atoms with Crippen molar-refractivity contribution < 1.29 is 14.2 Å². The molecule has 184 valence electrons. The first-order valence-electron chi connectivity index (χ1n) is 12.6. The van der Waals surface area contributed by atoms with E-state index in [9.17, 15) is 0 Å². The Morgan fingerprint density at radius 2 is 0.935 bits per heavy atom. The summed E-state index contributed by atoms with van der Waals surface area (Å²) in [6.07, 6.45) is 25.3. The number of halogens is 2. The molecule has 0 aliphatic heterocycles. The molecule has 0 aromatic rings. The van der Waals surface area contributed by atoms with Gasteiger partial charge in [0.15, 0.2) is 12.6 Å². The van der Waals surface area contributed by atoms with Gasteiger partial charge in [0.1, 0.15) is 0 Å². The van der Waals surface area contributed by atoms with Crippen molar-refractivity contribution in [1.29, 1.82) is 0 Å². The van der Waals surface area contributed by atoms with Gasteiger partial charge in [-0.2, -0.15) is 0 Å². The fourth-order valence-corrected chi connectivity index (χ4v) is 4.07. The molecule has 0 rings (SSSR count). The first-order valence-corrected chi connectivity index (χ1v) is 14.8. The van der Waals surface area contributed by atoms with Crippen LogP contribution in [0.4, 0.5) is 0 Å². The molecule has 2 atom stereocenters. The largest absolute Gasteiger partial charge is 0.353 e. The maximum atomic E-state index is 6.15. The van der Waals surface area contributed by atoms with E-state index in [4.69, 9.17) is 14.2 Å². The van der Waals surface area contributed by atoms with Gasteiger partial charge in [-0.1, -0.05) is 81.8 Å². The highest BCUT2D eigenvalue weighted by atomic mass is 79.9. The van der Waals surface area contributed by atoms with Gasteiger partial charge in [-0.05, 0) is 65.2 Å². The van der Waals surface area contributed by atoms with Crippen molar-refractivity contribution in [2.45, 2.75) is 116 Å².